The van der Waals surface area contributed by atoms with Crippen molar-refractivity contribution in [1.82, 2.24) is 30.1 Å². The number of nitrogens with one attached hydrogen (secondary N) is 2. The number of nitrogens with zero attached hydrogens (tertiary/aromatic N) is 5. The topological polar surface area (TPSA) is 69.8 Å². The maximum absolute atomic E-state index is 4.29. The zero-order valence-corrected chi connectivity index (χ0v) is 16.9. The van der Waals surface area contributed by atoms with E-state index in [4.69, 9.17) is 0 Å². The van der Waals surface area contributed by atoms with Crippen LogP contribution in [0.25, 0.3) is 5.65 Å². The van der Waals surface area contributed by atoms with Crippen LogP contribution in [0.2, 0.25) is 0 Å². The fraction of sp³-hybridized carbons (Fsp3) is 0.381. The van der Waals surface area contributed by atoms with Crippen molar-refractivity contribution in [1.29, 1.82) is 0 Å². The van der Waals surface area contributed by atoms with Crippen LogP contribution >= 0.6 is 0 Å². The van der Waals surface area contributed by atoms with Crippen LogP contribution in [-0.4, -0.2) is 45.6 Å². The van der Waals surface area contributed by atoms with E-state index in [1.165, 1.54) is 11.1 Å². The minimum Gasteiger partial charge on any atom is -0.352 e. The summed E-state index contributed by atoms with van der Waals surface area (Å²) in [6, 6.07) is 14.6. The first-order valence-electron chi connectivity index (χ1n) is 9.76. The van der Waals surface area contributed by atoms with Crippen molar-refractivity contribution in [3.05, 3.63) is 65.6 Å². The molecular weight excluding hydrogens is 350 g/mol. The number of aromatic nitrogens is 3. The smallest absolute Gasteiger partial charge is 0.191 e. The van der Waals surface area contributed by atoms with Gasteiger partial charge >= 0.3 is 0 Å². The summed E-state index contributed by atoms with van der Waals surface area (Å²) in [6.07, 6.45) is 1.96. The number of rotatable bonds is 8. The van der Waals surface area contributed by atoms with E-state index in [1.807, 2.05) is 28.8 Å². The van der Waals surface area contributed by atoms with E-state index in [0.717, 1.165) is 37.1 Å². The molecule has 7 heteroatoms. The van der Waals surface area contributed by atoms with Crippen LogP contribution in [0.4, 0.5) is 0 Å². The lowest BCUT2D eigenvalue weighted by atomic mass is 10.1. The van der Waals surface area contributed by atoms with Gasteiger partial charge in [0.15, 0.2) is 17.4 Å². The first-order valence-corrected chi connectivity index (χ1v) is 9.76. The fourth-order valence-corrected chi connectivity index (χ4v) is 3.05. The molecule has 0 radical (unpaired) electrons. The van der Waals surface area contributed by atoms with Crippen molar-refractivity contribution in [3.8, 4) is 0 Å². The van der Waals surface area contributed by atoms with Crippen LogP contribution in [0.15, 0.2) is 53.7 Å². The molecule has 0 amide bonds. The van der Waals surface area contributed by atoms with E-state index in [-0.39, 0.29) is 0 Å². The maximum atomic E-state index is 4.29. The molecule has 3 aromatic rings. The van der Waals surface area contributed by atoms with Gasteiger partial charge in [-0.25, -0.2) is 0 Å². The lowest BCUT2D eigenvalue weighted by Gasteiger charge is -2.18. The summed E-state index contributed by atoms with van der Waals surface area (Å²) in [5, 5.41) is 15.0. The molecule has 3 rings (SSSR count). The average molecular weight is 380 g/mol. The molecule has 0 aliphatic heterocycles. The van der Waals surface area contributed by atoms with E-state index in [9.17, 15) is 0 Å². The zero-order chi connectivity index (χ0) is 19.8. The summed E-state index contributed by atoms with van der Waals surface area (Å²) in [6.45, 7) is 8.80. The summed E-state index contributed by atoms with van der Waals surface area (Å²) in [7, 11) is 1.77. The Morgan fingerprint density at radius 1 is 0.964 bits per heavy atom. The third-order valence-corrected chi connectivity index (χ3v) is 4.81. The van der Waals surface area contributed by atoms with Gasteiger partial charge in [-0.15, -0.1) is 10.2 Å². The van der Waals surface area contributed by atoms with Crippen molar-refractivity contribution in [3.63, 3.8) is 0 Å². The molecule has 1 aromatic carbocycles. The molecule has 0 saturated carbocycles. The molecule has 7 nitrogen and oxygen atoms in total. The summed E-state index contributed by atoms with van der Waals surface area (Å²) in [5.74, 6) is 1.58. The standard InChI is InChI=1S/C21H29N7/c1-4-27(5-2)16-18-11-9-17(10-12-18)14-23-21(22-3)24-15-20-26-25-19-8-6-7-13-28(19)20/h6-13H,4-5,14-16H2,1-3H3,(H2,22,23,24). The van der Waals surface area contributed by atoms with Gasteiger partial charge in [0.1, 0.15) is 0 Å². The van der Waals surface area contributed by atoms with Gasteiger partial charge < -0.3 is 10.6 Å². The molecule has 0 aliphatic carbocycles. The third-order valence-electron chi connectivity index (χ3n) is 4.81. The number of hydrogen-bond acceptors (Lipinski definition) is 4. The number of pyridine rings is 1. The summed E-state index contributed by atoms with van der Waals surface area (Å²) in [4.78, 5) is 6.70. The Hall–Kier alpha value is -2.93. The van der Waals surface area contributed by atoms with E-state index >= 15 is 0 Å². The van der Waals surface area contributed by atoms with Crippen molar-refractivity contribution in [2.24, 2.45) is 4.99 Å². The normalized spacial score (nSPS) is 11.9. The fourth-order valence-electron chi connectivity index (χ4n) is 3.05. The highest BCUT2D eigenvalue weighted by atomic mass is 15.3. The zero-order valence-electron chi connectivity index (χ0n) is 16.9. The Bertz CT molecular complexity index is 895. The van der Waals surface area contributed by atoms with E-state index < -0.39 is 0 Å². The SMILES string of the molecule is CCN(CC)Cc1ccc(CNC(=NC)NCc2nnc3ccccn23)cc1. The summed E-state index contributed by atoms with van der Waals surface area (Å²) >= 11 is 0. The highest BCUT2D eigenvalue weighted by molar-refractivity contribution is 5.79. The number of aliphatic imine (C=N–C) groups is 1. The largest absolute Gasteiger partial charge is 0.352 e. The molecule has 0 fully saturated rings. The molecule has 0 atom stereocenters. The Labute approximate surface area is 166 Å². The van der Waals surface area contributed by atoms with Crippen LogP contribution in [0, 0.1) is 0 Å². The van der Waals surface area contributed by atoms with Gasteiger partial charge in [0.25, 0.3) is 0 Å². The van der Waals surface area contributed by atoms with Crippen molar-refractivity contribution >= 4 is 11.6 Å². The lowest BCUT2D eigenvalue weighted by Crippen LogP contribution is -2.36. The van der Waals surface area contributed by atoms with Crippen LogP contribution in [0.5, 0.6) is 0 Å². The van der Waals surface area contributed by atoms with E-state index in [0.29, 0.717) is 13.1 Å². The molecule has 0 spiro atoms. The molecule has 0 saturated heterocycles. The monoisotopic (exact) mass is 379 g/mol. The van der Waals surface area contributed by atoms with Gasteiger partial charge in [-0.05, 0) is 36.3 Å². The second kappa shape index (κ2) is 9.85. The molecule has 2 N–H and O–H groups in total. The van der Waals surface area contributed by atoms with Gasteiger partial charge in [0, 0.05) is 26.3 Å². The Kier molecular flexibility index (Phi) is 6.97. The Morgan fingerprint density at radius 3 is 2.39 bits per heavy atom. The molecule has 28 heavy (non-hydrogen) atoms. The van der Waals surface area contributed by atoms with Crippen LogP contribution in [0.3, 0.4) is 0 Å². The minimum absolute atomic E-state index is 0.549. The van der Waals surface area contributed by atoms with Crippen molar-refractivity contribution in [2.75, 3.05) is 20.1 Å². The summed E-state index contributed by atoms with van der Waals surface area (Å²) in [5.41, 5.74) is 3.40. The second-order valence-electron chi connectivity index (χ2n) is 6.60. The maximum Gasteiger partial charge on any atom is 0.191 e. The Morgan fingerprint density at radius 2 is 1.68 bits per heavy atom. The second-order valence-corrected chi connectivity index (χ2v) is 6.60. The molecular formula is C21H29N7. The number of guanidine groups is 1. The molecule has 0 aliphatic rings. The van der Waals surface area contributed by atoms with Gasteiger partial charge in [-0.1, -0.05) is 44.2 Å². The van der Waals surface area contributed by atoms with Gasteiger partial charge in [0.2, 0.25) is 0 Å². The van der Waals surface area contributed by atoms with E-state index in [1.54, 1.807) is 7.05 Å². The van der Waals surface area contributed by atoms with Crippen LogP contribution in [0.1, 0.15) is 30.8 Å². The highest BCUT2D eigenvalue weighted by Crippen LogP contribution is 2.08. The molecule has 148 valence electrons. The first kappa shape index (κ1) is 19.8. The van der Waals surface area contributed by atoms with Gasteiger partial charge in [-0.3, -0.25) is 14.3 Å². The number of fused-ring (bicyclic) bond motifs is 1. The Balaban J connectivity index is 1.51. The summed E-state index contributed by atoms with van der Waals surface area (Å²) < 4.78 is 1.97. The molecule has 2 heterocycles. The molecule has 0 unspecified atom stereocenters. The van der Waals surface area contributed by atoms with Gasteiger partial charge in [0.05, 0.1) is 6.54 Å². The minimum atomic E-state index is 0.549. The molecule has 0 bridgehead atoms. The van der Waals surface area contributed by atoms with Crippen molar-refractivity contribution in [2.45, 2.75) is 33.5 Å². The molecule has 2 aromatic heterocycles. The average Bonchev–Trinajstić information content (AvgIpc) is 3.16. The predicted octanol–water partition coefficient (Wildman–Crippen LogP) is 2.44. The quantitative estimate of drug-likeness (QED) is 0.465. The van der Waals surface area contributed by atoms with Crippen molar-refractivity contribution < 1.29 is 0 Å². The van der Waals surface area contributed by atoms with E-state index in [2.05, 4.69) is 68.8 Å². The van der Waals surface area contributed by atoms with Crippen LogP contribution < -0.4 is 10.6 Å². The van der Waals surface area contributed by atoms with Gasteiger partial charge in [-0.2, -0.15) is 0 Å². The predicted molar refractivity (Wildman–Crippen MR) is 113 cm³/mol. The highest BCUT2D eigenvalue weighted by Gasteiger charge is 2.06. The third kappa shape index (κ3) is 5.07. The number of benzene rings is 1. The first-order chi connectivity index (χ1) is 13.7. The number of hydrogen-bond donors (Lipinski definition) is 2. The lowest BCUT2D eigenvalue weighted by molar-refractivity contribution is 0.296. The van der Waals surface area contributed by atoms with Crippen LogP contribution in [-0.2, 0) is 19.6 Å².